The Morgan fingerprint density at radius 3 is 2.25 bits per heavy atom. The second kappa shape index (κ2) is 5.55. The molecule has 0 aromatic heterocycles. The van der Waals surface area contributed by atoms with Gasteiger partial charge < -0.3 is 10.1 Å². The van der Waals surface area contributed by atoms with E-state index in [0.29, 0.717) is 11.5 Å². The number of nitrogens with one attached hydrogen (secondary N) is 1. The zero-order valence-corrected chi connectivity index (χ0v) is 9.11. The van der Waals surface area contributed by atoms with Gasteiger partial charge in [-0.05, 0) is 25.3 Å². The van der Waals surface area contributed by atoms with E-state index < -0.39 is 0 Å². The summed E-state index contributed by atoms with van der Waals surface area (Å²) >= 11 is 0. The van der Waals surface area contributed by atoms with Crippen LogP contribution in [0.3, 0.4) is 0 Å². The fourth-order valence-electron chi connectivity index (χ4n) is 1.12. The van der Waals surface area contributed by atoms with Crippen molar-refractivity contribution in [1.29, 1.82) is 0 Å². The second-order valence-electron chi connectivity index (χ2n) is 4.51. The summed E-state index contributed by atoms with van der Waals surface area (Å²) < 4.78 is 5.32. The second-order valence-corrected chi connectivity index (χ2v) is 4.51. The summed E-state index contributed by atoms with van der Waals surface area (Å²) in [6.45, 7) is 7.74. The Balaban J connectivity index is 3.58. The van der Waals surface area contributed by atoms with Gasteiger partial charge in [-0.1, -0.05) is 20.8 Å². The maximum absolute atomic E-state index is 5.32. The molecular formula is C10H23NO. The first-order valence-corrected chi connectivity index (χ1v) is 4.67. The lowest BCUT2D eigenvalue weighted by Crippen LogP contribution is -2.26. The van der Waals surface area contributed by atoms with E-state index in [1.54, 1.807) is 7.11 Å². The van der Waals surface area contributed by atoms with Crippen LogP contribution in [-0.4, -0.2) is 26.8 Å². The molecule has 0 aromatic rings. The number of rotatable bonds is 5. The molecule has 2 nitrogen and oxygen atoms in total. The highest BCUT2D eigenvalue weighted by Crippen LogP contribution is 2.21. The summed E-state index contributed by atoms with van der Waals surface area (Å²) in [6.07, 6.45) is 2.72. The number of methoxy groups -OCH3 is 1. The molecule has 1 N–H and O–H groups in total. The van der Waals surface area contributed by atoms with Crippen molar-refractivity contribution in [2.24, 2.45) is 5.41 Å². The summed E-state index contributed by atoms with van der Waals surface area (Å²) in [6, 6.07) is 0. The lowest BCUT2D eigenvalue weighted by Gasteiger charge is -2.22. The summed E-state index contributed by atoms with van der Waals surface area (Å²) in [4.78, 5) is 0. The zero-order chi connectivity index (χ0) is 9.61. The molecule has 2 heteroatoms. The molecule has 12 heavy (non-hydrogen) atoms. The zero-order valence-electron chi connectivity index (χ0n) is 9.11. The van der Waals surface area contributed by atoms with Gasteiger partial charge in [-0.15, -0.1) is 0 Å². The fraction of sp³-hybridized carbons (Fsp3) is 1.00. The Hall–Kier alpha value is -0.0800. The highest BCUT2D eigenvalue weighted by molar-refractivity contribution is 4.67. The van der Waals surface area contributed by atoms with Crippen LogP contribution in [0, 0.1) is 5.41 Å². The topological polar surface area (TPSA) is 21.3 Å². The van der Waals surface area contributed by atoms with Crippen LogP contribution in [0.1, 0.15) is 33.6 Å². The van der Waals surface area contributed by atoms with Gasteiger partial charge in [0.15, 0.2) is 0 Å². The van der Waals surface area contributed by atoms with Gasteiger partial charge in [0.05, 0.1) is 6.10 Å². The fourth-order valence-corrected chi connectivity index (χ4v) is 1.12. The van der Waals surface area contributed by atoms with Crippen LogP contribution in [0.25, 0.3) is 0 Å². The minimum Gasteiger partial charge on any atom is -0.380 e. The summed E-state index contributed by atoms with van der Waals surface area (Å²) in [7, 11) is 3.74. The molecule has 0 aliphatic carbocycles. The minimum absolute atomic E-state index is 0.370. The molecule has 74 valence electrons. The van der Waals surface area contributed by atoms with Crippen LogP contribution in [-0.2, 0) is 4.74 Å². The standard InChI is InChI=1S/C10H23NO/c1-10(2,3)7-6-9(12-5)8-11-4/h9,11H,6-8H2,1-5H3. The molecule has 0 heterocycles. The number of hydrogen-bond donors (Lipinski definition) is 1. The van der Waals surface area contributed by atoms with Gasteiger partial charge in [0.25, 0.3) is 0 Å². The van der Waals surface area contributed by atoms with Gasteiger partial charge >= 0.3 is 0 Å². The van der Waals surface area contributed by atoms with Crippen LogP contribution in [0.4, 0.5) is 0 Å². The molecule has 0 bridgehead atoms. The quantitative estimate of drug-likeness (QED) is 0.687. The largest absolute Gasteiger partial charge is 0.380 e. The van der Waals surface area contributed by atoms with Crippen LogP contribution in [0.5, 0.6) is 0 Å². The van der Waals surface area contributed by atoms with Crippen molar-refractivity contribution in [2.45, 2.75) is 39.7 Å². The lowest BCUT2D eigenvalue weighted by atomic mass is 9.89. The van der Waals surface area contributed by atoms with Crippen LogP contribution in [0.2, 0.25) is 0 Å². The van der Waals surface area contributed by atoms with Crippen molar-refractivity contribution in [2.75, 3.05) is 20.7 Å². The average molecular weight is 173 g/mol. The molecule has 1 atom stereocenters. The van der Waals surface area contributed by atoms with E-state index in [2.05, 4.69) is 26.1 Å². The van der Waals surface area contributed by atoms with Gasteiger partial charge in [0.2, 0.25) is 0 Å². The normalized spacial score (nSPS) is 14.8. The monoisotopic (exact) mass is 173 g/mol. The first-order valence-electron chi connectivity index (χ1n) is 4.67. The summed E-state index contributed by atoms with van der Waals surface area (Å²) in [5.41, 5.74) is 0.421. The van der Waals surface area contributed by atoms with Crippen LogP contribution < -0.4 is 5.32 Å². The van der Waals surface area contributed by atoms with Crippen LogP contribution >= 0.6 is 0 Å². The molecule has 0 radical (unpaired) electrons. The third-order valence-corrected chi connectivity index (χ3v) is 1.98. The van der Waals surface area contributed by atoms with E-state index in [1.807, 2.05) is 7.05 Å². The molecule has 0 aliphatic rings. The molecule has 0 aliphatic heterocycles. The molecule has 1 unspecified atom stereocenters. The van der Waals surface area contributed by atoms with E-state index in [4.69, 9.17) is 4.74 Å². The predicted molar refractivity (Wildman–Crippen MR) is 53.4 cm³/mol. The van der Waals surface area contributed by atoms with Gasteiger partial charge in [0.1, 0.15) is 0 Å². The SMILES string of the molecule is CNCC(CCC(C)(C)C)OC. The maximum atomic E-state index is 5.32. The van der Waals surface area contributed by atoms with Crippen molar-refractivity contribution in [3.63, 3.8) is 0 Å². The number of likely N-dealkylation sites (N-methyl/N-ethyl adjacent to an activating group) is 1. The van der Waals surface area contributed by atoms with Crippen LogP contribution in [0.15, 0.2) is 0 Å². The van der Waals surface area contributed by atoms with Crippen molar-refractivity contribution >= 4 is 0 Å². The predicted octanol–water partition coefficient (Wildman–Crippen LogP) is 2.05. The first-order chi connectivity index (χ1) is 5.49. The Bertz CT molecular complexity index is 107. The first kappa shape index (κ1) is 11.9. The van der Waals surface area contributed by atoms with Gasteiger partial charge in [-0.25, -0.2) is 0 Å². The Morgan fingerprint density at radius 2 is 1.92 bits per heavy atom. The Labute approximate surface area is 76.7 Å². The van der Waals surface area contributed by atoms with E-state index in [1.165, 1.54) is 6.42 Å². The molecule has 0 aromatic carbocycles. The molecule has 0 rings (SSSR count). The smallest absolute Gasteiger partial charge is 0.0695 e. The average Bonchev–Trinajstić information content (AvgIpc) is 1.96. The maximum Gasteiger partial charge on any atom is 0.0695 e. The number of ether oxygens (including phenoxy) is 1. The summed E-state index contributed by atoms with van der Waals surface area (Å²) in [5, 5.41) is 3.13. The summed E-state index contributed by atoms with van der Waals surface area (Å²) in [5.74, 6) is 0. The Morgan fingerprint density at radius 1 is 1.33 bits per heavy atom. The molecule has 0 saturated carbocycles. The van der Waals surface area contributed by atoms with E-state index in [0.717, 1.165) is 13.0 Å². The molecule has 0 spiro atoms. The third kappa shape index (κ3) is 6.62. The van der Waals surface area contributed by atoms with Gasteiger partial charge in [-0.3, -0.25) is 0 Å². The van der Waals surface area contributed by atoms with Crippen molar-refractivity contribution in [3.05, 3.63) is 0 Å². The van der Waals surface area contributed by atoms with E-state index in [-0.39, 0.29) is 0 Å². The number of hydrogen-bond acceptors (Lipinski definition) is 2. The third-order valence-electron chi connectivity index (χ3n) is 1.98. The van der Waals surface area contributed by atoms with E-state index in [9.17, 15) is 0 Å². The van der Waals surface area contributed by atoms with Gasteiger partial charge in [-0.2, -0.15) is 0 Å². The highest BCUT2D eigenvalue weighted by Gasteiger charge is 2.13. The van der Waals surface area contributed by atoms with Crippen molar-refractivity contribution in [3.8, 4) is 0 Å². The molecule has 0 saturated heterocycles. The lowest BCUT2D eigenvalue weighted by molar-refractivity contribution is 0.0853. The minimum atomic E-state index is 0.370. The van der Waals surface area contributed by atoms with Crippen molar-refractivity contribution < 1.29 is 4.74 Å². The van der Waals surface area contributed by atoms with Gasteiger partial charge in [0, 0.05) is 13.7 Å². The van der Waals surface area contributed by atoms with E-state index >= 15 is 0 Å². The van der Waals surface area contributed by atoms with Crippen molar-refractivity contribution in [1.82, 2.24) is 5.32 Å². The molecule has 0 amide bonds. The highest BCUT2D eigenvalue weighted by atomic mass is 16.5. The molecular weight excluding hydrogens is 150 g/mol. The Kier molecular flexibility index (Phi) is 5.51. The molecule has 0 fully saturated rings.